The number of hydrogen-bond acceptors (Lipinski definition) is 11. The zero-order valence-corrected chi connectivity index (χ0v) is 40.4. The smallest absolute Gasteiger partial charge is 0.349 e. The Morgan fingerprint density at radius 1 is 0.848 bits per heavy atom. The zero-order valence-electron chi connectivity index (χ0n) is 40.4. The SMILES string of the molecule is CCCCCCCCOCCCCCCCCC(=O)C1(C)CCc2c(C)c(OCC(=O)Oc3ccc4nc5c(c(CC)c4c3)Cn3c-5cc4c(c3=O)COC(=O)[C@]4(O)CC)c(C)c(C)c2O1. The average Bonchev–Trinajstić information content (AvgIpc) is 3.68. The lowest BCUT2D eigenvalue weighted by atomic mass is 9.84. The molecule has 3 aliphatic rings. The van der Waals surface area contributed by atoms with E-state index >= 15 is 0 Å². The summed E-state index contributed by atoms with van der Waals surface area (Å²) in [5, 5.41) is 12.1. The van der Waals surface area contributed by atoms with Crippen molar-refractivity contribution in [3.63, 3.8) is 0 Å². The minimum atomic E-state index is -1.91. The molecule has 356 valence electrons. The van der Waals surface area contributed by atoms with E-state index in [2.05, 4.69) is 6.92 Å². The Bertz CT molecular complexity index is 2530. The number of nitrogens with zero attached hydrogens (tertiary/aromatic N) is 2. The second-order valence-electron chi connectivity index (χ2n) is 18.8. The van der Waals surface area contributed by atoms with Crippen LogP contribution < -0.4 is 19.8 Å². The maximum atomic E-state index is 13.8. The maximum Gasteiger partial charge on any atom is 0.349 e. The molecule has 4 aromatic rings. The number of pyridine rings is 2. The van der Waals surface area contributed by atoms with Crippen molar-refractivity contribution >= 4 is 28.6 Å². The Labute approximate surface area is 389 Å². The van der Waals surface area contributed by atoms with Crippen LogP contribution in [0, 0.1) is 20.8 Å². The summed E-state index contributed by atoms with van der Waals surface area (Å²) in [7, 11) is 0. The summed E-state index contributed by atoms with van der Waals surface area (Å²) < 4.78 is 31.3. The molecule has 7 rings (SSSR count). The summed E-state index contributed by atoms with van der Waals surface area (Å²) in [5.41, 5.74) is 4.69. The highest BCUT2D eigenvalue weighted by atomic mass is 16.6. The summed E-state index contributed by atoms with van der Waals surface area (Å²) in [6.07, 6.45) is 16.6. The molecule has 2 atom stereocenters. The van der Waals surface area contributed by atoms with Crippen molar-refractivity contribution in [1.82, 2.24) is 9.55 Å². The number of cyclic esters (lactones) is 1. The Morgan fingerprint density at radius 3 is 2.24 bits per heavy atom. The fourth-order valence-electron chi connectivity index (χ4n) is 10.1. The van der Waals surface area contributed by atoms with Crippen molar-refractivity contribution in [3.05, 3.63) is 79.1 Å². The van der Waals surface area contributed by atoms with E-state index < -0.39 is 23.1 Å². The molecule has 0 saturated carbocycles. The highest BCUT2D eigenvalue weighted by Crippen LogP contribution is 2.45. The molecule has 0 spiro atoms. The number of hydrogen-bond donors (Lipinski definition) is 1. The molecule has 0 bridgehead atoms. The number of ketones is 1. The summed E-state index contributed by atoms with van der Waals surface area (Å²) in [6.45, 7) is 15.3. The third-order valence-electron chi connectivity index (χ3n) is 14.4. The van der Waals surface area contributed by atoms with Crippen molar-refractivity contribution in [1.29, 1.82) is 0 Å². The second-order valence-corrected chi connectivity index (χ2v) is 18.8. The number of carbonyl (C=O) groups excluding carboxylic acids is 3. The highest BCUT2D eigenvalue weighted by molar-refractivity contribution is 5.91. The van der Waals surface area contributed by atoms with Gasteiger partial charge >= 0.3 is 11.9 Å². The molecule has 0 amide bonds. The Kier molecular flexibility index (Phi) is 15.7. The van der Waals surface area contributed by atoms with E-state index in [9.17, 15) is 24.3 Å². The van der Waals surface area contributed by atoms with Crippen LogP contribution in [0.15, 0.2) is 29.1 Å². The van der Waals surface area contributed by atoms with Gasteiger partial charge in [0.2, 0.25) is 0 Å². The summed E-state index contributed by atoms with van der Waals surface area (Å²) in [4.78, 5) is 58.3. The third kappa shape index (κ3) is 9.96. The van der Waals surface area contributed by atoms with Gasteiger partial charge in [0, 0.05) is 41.7 Å². The highest BCUT2D eigenvalue weighted by Gasteiger charge is 2.46. The molecule has 1 unspecified atom stereocenters. The second kappa shape index (κ2) is 21.3. The van der Waals surface area contributed by atoms with Gasteiger partial charge in [-0.3, -0.25) is 9.59 Å². The number of aryl methyl sites for hydroxylation is 1. The molecular weight excluding hydrogens is 837 g/mol. The quantitative estimate of drug-likeness (QED) is 0.0379. The van der Waals surface area contributed by atoms with E-state index in [1.165, 1.54) is 38.5 Å². The van der Waals surface area contributed by atoms with Crippen LogP contribution in [0.25, 0.3) is 22.3 Å². The van der Waals surface area contributed by atoms with Crippen LogP contribution in [0.1, 0.15) is 169 Å². The predicted octanol–water partition coefficient (Wildman–Crippen LogP) is 10.3. The molecule has 0 radical (unpaired) electrons. The molecule has 12 heteroatoms. The van der Waals surface area contributed by atoms with Crippen molar-refractivity contribution < 1.29 is 43.2 Å². The van der Waals surface area contributed by atoms with Gasteiger partial charge < -0.3 is 33.4 Å². The largest absolute Gasteiger partial charge is 0.481 e. The normalized spacial score (nSPS) is 18.3. The first-order valence-corrected chi connectivity index (χ1v) is 24.6. The summed E-state index contributed by atoms with van der Waals surface area (Å²) in [5.74, 6) is 0.507. The van der Waals surface area contributed by atoms with Crippen LogP contribution in [0.4, 0.5) is 0 Å². The summed E-state index contributed by atoms with van der Waals surface area (Å²) >= 11 is 0. The Balaban J connectivity index is 0.923. The summed E-state index contributed by atoms with van der Waals surface area (Å²) in [6, 6.07) is 6.97. The van der Waals surface area contributed by atoms with E-state index in [1.807, 2.05) is 34.6 Å². The van der Waals surface area contributed by atoms with Gasteiger partial charge in [0.05, 0.1) is 29.0 Å². The van der Waals surface area contributed by atoms with E-state index in [-0.39, 0.29) is 48.6 Å². The number of rotatable bonds is 23. The molecule has 2 aromatic carbocycles. The fourth-order valence-corrected chi connectivity index (χ4v) is 10.1. The van der Waals surface area contributed by atoms with Crippen LogP contribution in [-0.4, -0.2) is 57.8 Å². The molecule has 0 fully saturated rings. The first-order chi connectivity index (χ1) is 31.8. The lowest BCUT2D eigenvalue weighted by Crippen LogP contribution is -2.44. The van der Waals surface area contributed by atoms with Crippen LogP contribution >= 0.6 is 0 Å². The minimum Gasteiger partial charge on any atom is -0.481 e. The lowest BCUT2D eigenvalue weighted by molar-refractivity contribution is -0.172. The van der Waals surface area contributed by atoms with Gasteiger partial charge in [-0.25, -0.2) is 14.6 Å². The fraction of sp³-hybridized carbons (Fsp3) is 0.574. The lowest BCUT2D eigenvalue weighted by Gasteiger charge is -2.37. The molecule has 12 nitrogen and oxygen atoms in total. The van der Waals surface area contributed by atoms with Crippen molar-refractivity contribution in [2.45, 2.75) is 182 Å². The third-order valence-corrected chi connectivity index (χ3v) is 14.4. The van der Waals surface area contributed by atoms with Gasteiger partial charge in [-0.05, 0) is 119 Å². The Hall–Kier alpha value is -5.07. The van der Waals surface area contributed by atoms with Crippen LogP contribution in [0.2, 0.25) is 0 Å². The average molecular weight is 907 g/mol. The van der Waals surface area contributed by atoms with Crippen LogP contribution in [0.5, 0.6) is 17.2 Å². The van der Waals surface area contributed by atoms with Crippen molar-refractivity contribution in [2.24, 2.45) is 0 Å². The number of ether oxygens (including phenoxy) is 5. The van der Waals surface area contributed by atoms with Gasteiger partial charge in [0.25, 0.3) is 5.56 Å². The topological polar surface area (TPSA) is 152 Å². The number of carbonyl (C=O) groups is 3. The van der Waals surface area contributed by atoms with Gasteiger partial charge in [0.15, 0.2) is 23.6 Å². The van der Waals surface area contributed by atoms with E-state index in [1.54, 1.807) is 35.8 Å². The number of Topliss-reactive ketones (excluding diaryl/α,β-unsaturated/α-hetero) is 1. The number of benzene rings is 2. The molecule has 3 aliphatic heterocycles. The molecule has 0 saturated heterocycles. The van der Waals surface area contributed by atoms with Crippen molar-refractivity contribution in [2.75, 3.05) is 19.8 Å². The Morgan fingerprint density at radius 2 is 1.55 bits per heavy atom. The number of unbranched alkanes of at least 4 members (excludes halogenated alkanes) is 10. The molecular formula is C54H70N2O10. The maximum absolute atomic E-state index is 13.8. The molecule has 1 N–H and O–H groups in total. The van der Waals surface area contributed by atoms with E-state index in [0.717, 1.165) is 96.3 Å². The number of fused-ring (bicyclic) bond motifs is 6. The van der Waals surface area contributed by atoms with Crippen LogP contribution in [-0.2, 0) is 55.5 Å². The van der Waals surface area contributed by atoms with Gasteiger partial charge in [0.1, 0.15) is 23.9 Å². The number of aliphatic hydroxyl groups is 1. The minimum absolute atomic E-state index is 0.0634. The van der Waals surface area contributed by atoms with Gasteiger partial charge in [-0.2, -0.15) is 0 Å². The number of esters is 2. The molecule has 5 heterocycles. The first kappa shape index (κ1) is 48.9. The van der Waals surface area contributed by atoms with Gasteiger partial charge in [-0.15, -0.1) is 0 Å². The van der Waals surface area contributed by atoms with Crippen molar-refractivity contribution in [3.8, 4) is 28.6 Å². The van der Waals surface area contributed by atoms with Gasteiger partial charge in [-0.1, -0.05) is 78.6 Å². The standard InChI is InChI=1S/C54H70N2O10/c1-8-11-12-13-17-20-27-62-28-21-18-15-14-16-19-22-46(57)53(7)26-25-39-36(6)49(34(4)35(5)50(39)66-53)63-33-47(58)65-37-23-24-44-40(29-37)38(9-2)41-31-56-45(48(41)55-44)30-43-42(51(56)59)32-64-52(60)54(43,61)10-3/h23-24,29-30,61H,8-22,25-28,31-33H2,1-7H3/t53?,54-/m0/s1. The molecule has 66 heavy (non-hydrogen) atoms. The van der Waals surface area contributed by atoms with E-state index in [4.69, 9.17) is 28.7 Å². The first-order valence-electron chi connectivity index (χ1n) is 24.6. The van der Waals surface area contributed by atoms with E-state index in [0.29, 0.717) is 54.1 Å². The number of aromatic nitrogens is 2. The van der Waals surface area contributed by atoms with Crippen LogP contribution in [0.3, 0.4) is 0 Å². The zero-order chi connectivity index (χ0) is 47.2. The molecule has 2 aromatic heterocycles. The molecule has 0 aliphatic carbocycles. The monoisotopic (exact) mass is 907 g/mol. The predicted molar refractivity (Wildman–Crippen MR) is 255 cm³/mol.